The molecule has 0 fully saturated rings. The highest BCUT2D eigenvalue weighted by atomic mass is 32.2. The molecule has 18 heavy (non-hydrogen) atoms. The second kappa shape index (κ2) is 7.32. The third kappa shape index (κ3) is 5.46. The van der Waals surface area contributed by atoms with Gasteiger partial charge in [0.05, 0.1) is 5.75 Å². The number of thioether (sulfide) groups is 1. The van der Waals surface area contributed by atoms with Crippen molar-refractivity contribution in [1.29, 1.82) is 0 Å². The number of aromatic nitrogens is 2. The SMILES string of the molecule is CS(=O)CCCn1ccc(=O)nc1SCC(=O)O. The van der Waals surface area contributed by atoms with E-state index in [2.05, 4.69) is 4.98 Å². The minimum atomic E-state index is -0.959. The van der Waals surface area contributed by atoms with E-state index in [0.29, 0.717) is 23.9 Å². The van der Waals surface area contributed by atoms with E-state index in [1.165, 1.54) is 6.07 Å². The van der Waals surface area contributed by atoms with Crippen LogP contribution in [-0.2, 0) is 22.1 Å². The van der Waals surface area contributed by atoms with Gasteiger partial charge in [-0.05, 0) is 6.42 Å². The first-order valence-electron chi connectivity index (χ1n) is 5.21. The second-order valence-corrected chi connectivity index (χ2v) is 6.05. The van der Waals surface area contributed by atoms with Gasteiger partial charge in [0, 0.05) is 41.6 Å². The van der Waals surface area contributed by atoms with Gasteiger partial charge in [-0.2, -0.15) is 4.98 Å². The maximum atomic E-state index is 11.1. The third-order valence-electron chi connectivity index (χ3n) is 2.00. The van der Waals surface area contributed by atoms with E-state index in [0.717, 1.165) is 11.8 Å². The first kappa shape index (κ1) is 14.9. The van der Waals surface area contributed by atoms with Gasteiger partial charge >= 0.3 is 5.97 Å². The number of rotatable bonds is 7. The van der Waals surface area contributed by atoms with Crippen LogP contribution in [0.25, 0.3) is 0 Å². The lowest BCUT2D eigenvalue weighted by Gasteiger charge is -2.10. The molecule has 1 rings (SSSR count). The van der Waals surface area contributed by atoms with Gasteiger partial charge < -0.3 is 9.67 Å². The Labute approximate surface area is 111 Å². The van der Waals surface area contributed by atoms with Gasteiger partial charge in [-0.3, -0.25) is 13.8 Å². The molecule has 0 aliphatic rings. The van der Waals surface area contributed by atoms with Gasteiger partial charge in [-0.25, -0.2) is 0 Å². The number of carboxylic acid groups (broad SMARTS) is 1. The number of nitrogens with zero attached hydrogens (tertiary/aromatic N) is 2. The Morgan fingerprint density at radius 3 is 2.94 bits per heavy atom. The molecule has 0 saturated heterocycles. The highest BCUT2D eigenvalue weighted by molar-refractivity contribution is 7.99. The van der Waals surface area contributed by atoms with E-state index in [1.807, 2.05) is 0 Å². The van der Waals surface area contributed by atoms with Gasteiger partial charge in [-0.1, -0.05) is 11.8 Å². The van der Waals surface area contributed by atoms with Crippen molar-refractivity contribution in [2.24, 2.45) is 0 Å². The van der Waals surface area contributed by atoms with Crippen LogP contribution < -0.4 is 5.56 Å². The molecular formula is C10H14N2O4S2. The van der Waals surface area contributed by atoms with Crippen molar-refractivity contribution < 1.29 is 14.1 Å². The maximum Gasteiger partial charge on any atom is 0.313 e. The molecule has 0 aliphatic heterocycles. The normalized spacial score (nSPS) is 12.3. The summed E-state index contributed by atoms with van der Waals surface area (Å²) in [6, 6.07) is 1.33. The van der Waals surface area contributed by atoms with Gasteiger partial charge in [-0.15, -0.1) is 0 Å². The Kier molecular flexibility index (Phi) is 6.06. The van der Waals surface area contributed by atoms with Gasteiger partial charge in [0.15, 0.2) is 5.16 Å². The number of carboxylic acids is 1. The zero-order valence-electron chi connectivity index (χ0n) is 9.87. The Morgan fingerprint density at radius 1 is 1.61 bits per heavy atom. The predicted octanol–water partition coefficient (Wildman–Crippen LogP) is 0.189. The van der Waals surface area contributed by atoms with E-state index in [-0.39, 0.29) is 5.75 Å². The minimum Gasteiger partial charge on any atom is -0.481 e. The molecule has 1 unspecified atom stereocenters. The number of aryl methyl sites for hydroxylation is 1. The first-order valence-corrected chi connectivity index (χ1v) is 7.92. The Morgan fingerprint density at radius 2 is 2.33 bits per heavy atom. The van der Waals surface area contributed by atoms with Crippen molar-refractivity contribution >= 4 is 28.5 Å². The third-order valence-corrected chi connectivity index (χ3v) is 3.84. The second-order valence-electron chi connectivity index (χ2n) is 3.56. The summed E-state index contributed by atoms with van der Waals surface area (Å²) in [5.74, 6) is -0.537. The molecule has 0 aliphatic carbocycles. The fraction of sp³-hybridized carbons (Fsp3) is 0.500. The monoisotopic (exact) mass is 290 g/mol. The molecule has 1 N–H and O–H groups in total. The summed E-state index contributed by atoms with van der Waals surface area (Å²) in [6.07, 6.45) is 3.90. The molecule has 0 spiro atoms. The molecule has 100 valence electrons. The van der Waals surface area contributed by atoms with Crippen LogP contribution in [0.3, 0.4) is 0 Å². The Balaban J connectivity index is 2.72. The largest absolute Gasteiger partial charge is 0.481 e. The lowest BCUT2D eigenvalue weighted by molar-refractivity contribution is -0.133. The summed E-state index contributed by atoms with van der Waals surface area (Å²) in [4.78, 5) is 25.4. The predicted molar refractivity (Wildman–Crippen MR) is 70.4 cm³/mol. The molecule has 1 heterocycles. The van der Waals surface area contributed by atoms with Crippen molar-refractivity contribution in [2.75, 3.05) is 17.8 Å². The van der Waals surface area contributed by atoms with E-state index < -0.39 is 22.3 Å². The van der Waals surface area contributed by atoms with Crippen LogP contribution in [0.5, 0.6) is 0 Å². The summed E-state index contributed by atoms with van der Waals surface area (Å²) >= 11 is 1.00. The molecule has 0 radical (unpaired) electrons. The highest BCUT2D eigenvalue weighted by Gasteiger charge is 2.06. The van der Waals surface area contributed by atoms with Crippen molar-refractivity contribution in [2.45, 2.75) is 18.1 Å². The molecule has 1 atom stereocenters. The van der Waals surface area contributed by atoms with E-state index in [9.17, 15) is 13.8 Å². The topological polar surface area (TPSA) is 89.3 Å². The number of aliphatic carboxylic acids is 1. The van der Waals surface area contributed by atoms with Crippen LogP contribution in [0.2, 0.25) is 0 Å². The van der Waals surface area contributed by atoms with Crippen molar-refractivity contribution in [3.63, 3.8) is 0 Å². The molecule has 1 aromatic rings. The number of hydrogen-bond donors (Lipinski definition) is 1. The fourth-order valence-corrected chi connectivity index (χ4v) is 2.52. The zero-order valence-corrected chi connectivity index (χ0v) is 11.5. The van der Waals surface area contributed by atoms with Crippen LogP contribution >= 0.6 is 11.8 Å². The fourth-order valence-electron chi connectivity index (χ4n) is 1.26. The molecule has 0 aromatic carbocycles. The summed E-state index contributed by atoms with van der Waals surface area (Å²) in [5, 5.41) is 8.99. The standard InChI is InChI=1S/C10H14N2O4S2/c1-18(16)6-2-4-12-5-3-8(13)11-10(12)17-7-9(14)15/h3,5H,2,4,6-7H2,1H3,(H,14,15). The Hall–Kier alpha value is -1.15. The van der Waals surface area contributed by atoms with Crippen LogP contribution in [0, 0.1) is 0 Å². The number of hydrogen-bond acceptors (Lipinski definition) is 5. The summed E-state index contributed by atoms with van der Waals surface area (Å²) in [7, 11) is -0.858. The maximum absolute atomic E-state index is 11.1. The quantitative estimate of drug-likeness (QED) is 0.569. The first-order chi connectivity index (χ1) is 8.49. The Bertz CT molecular complexity index is 501. The average molecular weight is 290 g/mol. The smallest absolute Gasteiger partial charge is 0.313 e. The van der Waals surface area contributed by atoms with Gasteiger partial charge in [0.2, 0.25) is 0 Å². The average Bonchev–Trinajstić information content (AvgIpc) is 2.28. The number of carbonyl (C=O) groups is 1. The highest BCUT2D eigenvalue weighted by Crippen LogP contribution is 2.13. The lowest BCUT2D eigenvalue weighted by Crippen LogP contribution is -2.15. The van der Waals surface area contributed by atoms with Gasteiger partial charge in [0.25, 0.3) is 5.56 Å². The molecule has 8 heteroatoms. The van der Waals surface area contributed by atoms with Crippen LogP contribution in [0.1, 0.15) is 6.42 Å². The molecule has 0 saturated carbocycles. The summed E-state index contributed by atoms with van der Waals surface area (Å²) < 4.78 is 12.7. The van der Waals surface area contributed by atoms with Crippen molar-refractivity contribution in [1.82, 2.24) is 9.55 Å². The lowest BCUT2D eigenvalue weighted by atomic mass is 10.4. The summed E-state index contributed by atoms with van der Waals surface area (Å²) in [6.45, 7) is 0.564. The summed E-state index contributed by atoms with van der Waals surface area (Å²) in [5.41, 5.74) is -0.391. The van der Waals surface area contributed by atoms with Crippen LogP contribution in [0.4, 0.5) is 0 Å². The minimum absolute atomic E-state index is 0.143. The van der Waals surface area contributed by atoms with Crippen molar-refractivity contribution in [3.8, 4) is 0 Å². The van der Waals surface area contributed by atoms with E-state index >= 15 is 0 Å². The molecule has 1 aromatic heterocycles. The van der Waals surface area contributed by atoms with Gasteiger partial charge in [0.1, 0.15) is 0 Å². The zero-order chi connectivity index (χ0) is 13.5. The van der Waals surface area contributed by atoms with Crippen molar-refractivity contribution in [3.05, 3.63) is 22.6 Å². The molecule has 0 amide bonds. The van der Waals surface area contributed by atoms with E-state index in [1.54, 1.807) is 17.0 Å². The molecular weight excluding hydrogens is 276 g/mol. The van der Waals surface area contributed by atoms with E-state index in [4.69, 9.17) is 5.11 Å². The van der Waals surface area contributed by atoms with Crippen LogP contribution in [0.15, 0.2) is 22.2 Å². The molecule has 0 bridgehead atoms. The van der Waals surface area contributed by atoms with Crippen LogP contribution in [-0.4, -0.2) is 42.6 Å². The molecule has 6 nitrogen and oxygen atoms in total.